The highest BCUT2D eigenvalue weighted by molar-refractivity contribution is 5.93. The van der Waals surface area contributed by atoms with Crippen molar-refractivity contribution in [1.29, 1.82) is 0 Å². The summed E-state index contributed by atoms with van der Waals surface area (Å²) in [7, 11) is 3.95. The van der Waals surface area contributed by atoms with E-state index in [1.54, 1.807) is 4.68 Å². The molecular weight excluding hydrogens is 332 g/mol. The zero-order chi connectivity index (χ0) is 18.6. The number of carbonyl (C=O) groups is 1. The summed E-state index contributed by atoms with van der Waals surface area (Å²) in [5.74, 6) is 1.63. The SMILES string of the molecule is Cc1cc(C(=O)N2CC3(CC(c4nnc(C(C)C)o4)N(C)C3)C2)nn1C. The van der Waals surface area contributed by atoms with Gasteiger partial charge in [-0.25, -0.2) is 0 Å². The van der Waals surface area contributed by atoms with Crippen molar-refractivity contribution >= 4 is 5.91 Å². The molecule has 26 heavy (non-hydrogen) atoms. The van der Waals surface area contributed by atoms with Gasteiger partial charge in [0.2, 0.25) is 11.8 Å². The molecule has 1 spiro atoms. The Kier molecular flexibility index (Phi) is 3.91. The number of hydrogen-bond donors (Lipinski definition) is 0. The summed E-state index contributed by atoms with van der Waals surface area (Å²) < 4.78 is 7.60. The average molecular weight is 358 g/mol. The highest BCUT2D eigenvalue weighted by atomic mass is 16.4. The van der Waals surface area contributed by atoms with Gasteiger partial charge in [0.15, 0.2) is 5.69 Å². The molecule has 4 heterocycles. The lowest BCUT2D eigenvalue weighted by molar-refractivity contribution is 0.0109. The lowest BCUT2D eigenvalue weighted by atomic mass is 9.77. The van der Waals surface area contributed by atoms with Crippen LogP contribution < -0.4 is 0 Å². The Morgan fingerprint density at radius 3 is 2.58 bits per heavy atom. The molecule has 8 heteroatoms. The van der Waals surface area contributed by atoms with Crippen LogP contribution in [0.15, 0.2) is 10.5 Å². The Morgan fingerprint density at radius 1 is 1.27 bits per heavy atom. The monoisotopic (exact) mass is 358 g/mol. The molecule has 2 aliphatic rings. The molecule has 2 saturated heterocycles. The second-order valence-electron chi connectivity index (χ2n) is 8.22. The molecule has 140 valence electrons. The van der Waals surface area contributed by atoms with Crippen molar-refractivity contribution in [2.24, 2.45) is 12.5 Å². The van der Waals surface area contributed by atoms with Gasteiger partial charge in [0.05, 0.1) is 6.04 Å². The van der Waals surface area contributed by atoms with E-state index in [1.807, 2.05) is 38.8 Å². The van der Waals surface area contributed by atoms with Crippen LogP contribution in [0.1, 0.15) is 60.2 Å². The minimum Gasteiger partial charge on any atom is -0.423 e. The smallest absolute Gasteiger partial charge is 0.274 e. The Morgan fingerprint density at radius 2 is 2.00 bits per heavy atom. The molecule has 0 aromatic carbocycles. The van der Waals surface area contributed by atoms with Crippen molar-refractivity contribution in [2.75, 3.05) is 26.7 Å². The van der Waals surface area contributed by atoms with Crippen LogP contribution in [0.25, 0.3) is 0 Å². The number of hydrogen-bond acceptors (Lipinski definition) is 6. The second-order valence-corrected chi connectivity index (χ2v) is 8.22. The first-order valence-corrected chi connectivity index (χ1v) is 9.11. The quantitative estimate of drug-likeness (QED) is 0.832. The van der Waals surface area contributed by atoms with Crippen molar-refractivity contribution < 1.29 is 9.21 Å². The molecule has 2 fully saturated rings. The van der Waals surface area contributed by atoms with E-state index in [0.29, 0.717) is 17.5 Å². The minimum atomic E-state index is 0.0188. The molecule has 0 radical (unpaired) electrons. The first-order valence-electron chi connectivity index (χ1n) is 9.11. The summed E-state index contributed by atoms with van der Waals surface area (Å²) in [6.45, 7) is 8.49. The molecule has 0 aliphatic carbocycles. The fraction of sp³-hybridized carbons (Fsp3) is 0.667. The summed E-state index contributed by atoms with van der Waals surface area (Å²) in [5.41, 5.74) is 1.63. The third kappa shape index (κ3) is 2.72. The molecule has 0 bridgehead atoms. The second kappa shape index (κ2) is 5.90. The molecule has 8 nitrogen and oxygen atoms in total. The average Bonchev–Trinajstić information content (AvgIpc) is 3.23. The molecule has 1 atom stereocenters. The fourth-order valence-electron chi connectivity index (χ4n) is 4.12. The molecule has 1 unspecified atom stereocenters. The topological polar surface area (TPSA) is 80.3 Å². The van der Waals surface area contributed by atoms with Crippen molar-refractivity contribution in [1.82, 2.24) is 29.8 Å². The van der Waals surface area contributed by atoms with Crippen molar-refractivity contribution in [3.63, 3.8) is 0 Å². The zero-order valence-corrected chi connectivity index (χ0v) is 16.1. The van der Waals surface area contributed by atoms with E-state index in [4.69, 9.17) is 4.42 Å². The van der Waals surface area contributed by atoms with Crippen LogP contribution in [0.2, 0.25) is 0 Å². The van der Waals surface area contributed by atoms with Crippen LogP contribution in [0.3, 0.4) is 0 Å². The summed E-state index contributed by atoms with van der Waals surface area (Å²) in [4.78, 5) is 16.8. The largest absolute Gasteiger partial charge is 0.423 e. The molecule has 1 amide bonds. The number of carbonyl (C=O) groups excluding carboxylic acids is 1. The Labute approximate surface area is 153 Å². The van der Waals surface area contributed by atoms with Crippen LogP contribution in [0, 0.1) is 12.3 Å². The van der Waals surface area contributed by atoms with Gasteiger partial charge in [0.25, 0.3) is 5.91 Å². The number of aromatic nitrogens is 4. The number of aryl methyl sites for hydroxylation is 2. The highest BCUT2D eigenvalue weighted by Crippen LogP contribution is 2.47. The fourth-order valence-corrected chi connectivity index (χ4v) is 4.12. The number of rotatable bonds is 3. The van der Waals surface area contributed by atoms with Crippen molar-refractivity contribution in [3.8, 4) is 0 Å². The van der Waals surface area contributed by atoms with Gasteiger partial charge >= 0.3 is 0 Å². The molecule has 2 aromatic heterocycles. The minimum absolute atomic E-state index is 0.0188. The molecule has 0 N–H and O–H groups in total. The van der Waals surface area contributed by atoms with Crippen molar-refractivity contribution in [3.05, 3.63) is 29.2 Å². The van der Waals surface area contributed by atoms with Gasteiger partial charge in [-0.3, -0.25) is 14.4 Å². The van der Waals surface area contributed by atoms with Crippen LogP contribution in [0.4, 0.5) is 0 Å². The van der Waals surface area contributed by atoms with Crippen molar-refractivity contribution in [2.45, 2.75) is 39.2 Å². The Bertz CT molecular complexity index is 813. The Balaban J connectivity index is 1.43. The highest BCUT2D eigenvalue weighted by Gasteiger charge is 2.53. The maximum absolute atomic E-state index is 12.6. The summed E-state index contributed by atoms with van der Waals surface area (Å²) >= 11 is 0. The first-order chi connectivity index (χ1) is 12.3. The van der Waals surface area contributed by atoms with E-state index in [0.717, 1.165) is 31.7 Å². The summed E-state index contributed by atoms with van der Waals surface area (Å²) in [6.07, 6.45) is 0.939. The summed E-state index contributed by atoms with van der Waals surface area (Å²) in [5, 5.41) is 12.7. The zero-order valence-electron chi connectivity index (χ0n) is 16.1. The van der Waals surface area contributed by atoms with E-state index in [2.05, 4.69) is 27.2 Å². The molecule has 2 aliphatic heterocycles. The van der Waals surface area contributed by atoms with E-state index >= 15 is 0 Å². The standard InChI is InChI=1S/C18H26N6O2/c1-11(2)15-19-20-16(26-15)14-7-18(8-22(14)4)9-24(10-18)17(25)13-6-12(3)23(5)21-13/h6,11,14H,7-10H2,1-5H3. The normalized spacial score (nSPS) is 22.4. The third-order valence-corrected chi connectivity index (χ3v) is 5.65. The van der Waals surface area contributed by atoms with Gasteiger partial charge < -0.3 is 9.32 Å². The van der Waals surface area contributed by atoms with Crippen LogP contribution >= 0.6 is 0 Å². The molecular formula is C18H26N6O2. The van der Waals surface area contributed by atoms with Gasteiger partial charge in [-0.05, 0) is 26.5 Å². The van der Waals surface area contributed by atoms with E-state index in [9.17, 15) is 4.79 Å². The number of amides is 1. The van der Waals surface area contributed by atoms with E-state index in [1.165, 1.54) is 0 Å². The summed E-state index contributed by atoms with van der Waals surface area (Å²) in [6, 6.07) is 1.98. The lowest BCUT2D eigenvalue weighted by Crippen LogP contribution is -2.59. The van der Waals surface area contributed by atoms with Crippen LogP contribution in [0.5, 0.6) is 0 Å². The van der Waals surface area contributed by atoms with Gasteiger partial charge in [-0.2, -0.15) is 5.10 Å². The van der Waals surface area contributed by atoms with Gasteiger partial charge in [0.1, 0.15) is 0 Å². The third-order valence-electron chi connectivity index (χ3n) is 5.65. The number of nitrogens with zero attached hydrogens (tertiary/aromatic N) is 6. The van der Waals surface area contributed by atoms with Crippen LogP contribution in [-0.2, 0) is 7.05 Å². The van der Waals surface area contributed by atoms with Gasteiger partial charge in [-0.1, -0.05) is 13.8 Å². The van der Waals surface area contributed by atoms with E-state index in [-0.39, 0.29) is 23.3 Å². The lowest BCUT2D eigenvalue weighted by Gasteiger charge is -2.47. The van der Waals surface area contributed by atoms with Crippen LogP contribution in [-0.4, -0.2) is 62.4 Å². The predicted molar refractivity (Wildman–Crippen MR) is 94.7 cm³/mol. The van der Waals surface area contributed by atoms with E-state index < -0.39 is 0 Å². The number of likely N-dealkylation sites (tertiary alicyclic amines) is 2. The first kappa shape index (κ1) is 17.2. The molecule has 2 aromatic rings. The molecule has 0 saturated carbocycles. The maximum Gasteiger partial charge on any atom is 0.274 e. The van der Waals surface area contributed by atoms with Gasteiger partial charge in [0, 0.05) is 43.7 Å². The van der Waals surface area contributed by atoms with Gasteiger partial charge in [-0.15, -0.1) is 10.2 Å². The predicted octanol–water partition coefficient (Wildman–Crippen LogP) is 1.75. The maximum atomic E-state index is 12.6. The Hall–Kier alpha value is -2.22. The molecule has 4 rings (SSSR count).